The Morgan fingerprint density at radius 3 is 2.68 bits per heavy atom. The van der Waals surface area contributed by atoms with Crippen molar-refractivity contribution in [3.05, 3.63) is 29.8 Å². The zero-order chi connectivity index (χ0) is 14.3. The summed E-state index contributed by atoms with van der Waals surface area (Å²) < 4.78 is 0. The summed E-state index contributed by atoms with van der Waals surface area (Å²) in [6.45, 7) is 1.97. The van der Waals surface area contributed by atoms with Crippen LogP contribution in [-0.2, 0) is 9.59 Å². The fourth-order valence-electron chi connectivity index (χ4n) is 1.48. The average Bonchev–Trinajstić information content (AvgIpc) is 2.37. The number of aryl methyl sites for hydroxylation is 1. The highest BCUT2D eigenvalue weighted by Crippen LogP contribution is 2.21. The quantitative estimate of drug-likeness (QED) is 0.532. The Morgan fingerprint density at radius 1 is 1.42 bits per heavy atom. The second-order valence-corrected chi connectivity index (χ2v) is 5.49. The molecule has 0 aliphatic carbocycles. The lowest BCUT2D eigenvalue weighted by Crippen LogP contribution is -2.41. The van der Waals surface area contributed by atoms with E-state index >= 15 is 0 Å². The standard InChI is InChI=1S/C13H17NO3S2/c1-9-4-2-3-5-11(9)19-8-12(15)14-10(6-7-18)13(16)17/h2-5,10,18H,6-8H2,1H3,(H,14,15)(H,16,17). The maximum atomic E-state index is 11.7. The number of carboxylic acids is 1. The molecule has 1 unspecified atom stereocenters. The van der Waals surface area contributed by atoms with Crippen molar-refractivity contribution in [3.63, 3.8) is 0 Å². The fourth-order valence-corrected chi connectivity index (χ4v) is 2.58. The Kier molecular flexibility index (Phi) is 6.80. The van der Waals surface area contributed by atoms with E-state index in [1.165, 1.54) is 11.8 Å². The van der Waals surface area contributed by atoms with Gasteiger partial charge in [0.05, 0.1) is 5.75 Å². The predicted molar refractivity (Wildman–Crippen MR) is 79.9 cm³/mol. The molecule has 1 rings (SSSR count). The van der Waals surface area contributed by atoms with Crippen molar-refractivity contribution in [2.45, 2.75) is 24.3 Å². The van der Waals surface area contributed by atoms with Crippen LogP contribution in [0, 0.1) is 6.92 Å². The van der Waals surface area contributed by atoms with Crippen molar-refractivity contribution >= 4 is 36.3 Å². The van der Waals surface area contributed by atoms with Gasteiger partial charge in [0.2, 0.25) is 5.91 Å². The molecule has 1 amide bonds. The van der Waals surface area contributed by atoms with E-state index in [0.717, 1.165) is 10.5 Å². The van der Waals surface area contributed by atoms with Gasteiger partial charge in [-0.2, -0.15) is 12.6 Å². The molecular formula is C13H17NO3S2. The van der Waals surface area contributed by atoms with Gasteiger partial charge < -0.3 is 10.4 Å². The molecule has 0 radical (unpaired) electrons. The Balaban J connectivity index is 2.47. The summed E-state index contributed by atoms with van der Waals surface area (Å²) >= 11 is 5.38. The number of carboxylic acid groups (broad SMARTS) is 1. The van der Waals surface area contributed by atoms with Gasteiger partial charge in [-0.15, -0.1) is 11.8 Å². The van der Waals surface area contributed by atoms with E-state index in [1.807, 2.05) is 31.2 Å². The molecule has 0 saturated carbocycles. The number of benzene rings is 1. The molecule has 1 atom stereocenters. The van der Waals surface area contributed by atoms with Crippen LogP contribution in [0.3, 0.4) is 0 Å². The first-order valence-corrected chi connectivity index (χ1v) is 7.48. The van der Waals surface area contributed by atoms with E-state index in [-0.39, 0.29) is 11.7 Å². The summed E-state index contributed by atoms with van der Waals surface area (Å²) in [6, 6.07) is 6.90. The molecule has 4 nitrogen and oxygen atoms in total. The van der Waals surface area contributed by atoms with Crippen molar-refractivity contribution in [1.29, 1.82) is 0 Å². The van der Waals surface area contributed by atoms with Crippen molar-refractivity contribution in [2.75, 3.05) is 11.5 Å². The second-order valence-electron chi connectivity index (χ2n) is 4.02. The zero-order valence-electron chi connectivity index (χ0n) is 10.6. The SMILES string of the molecule is Cc1ccccc1SCC(=O)NC(CCS)C(=O)O. The third-order valence-corrected chi connectivity index (χ3v) is 3.94. The molecule has 0 bridgehead atoms. The van der Waals surface area contributed by atoms with Crippen LogP contribution in [0.2, 0.25) is 0 Å². The van der Waals surface area contributed by atoms with Gasteiger partial charge in [-0.1, -0.05) is 18.2 Å². The largest absolute Gasteiger partial charge is 0.480 e. The average molecular weight is 299 g/mol. The molecule has 2 N–H and O–H groups in total. The number of hydrogen-bond acceptors (Lipinski definition) is 4. The van der Waals surface area contributed by atoms with E-state index in [0.29, 0.717) is 12.2 Å². The second kappa shape index (κ2) is 8.12. The highest BCUT2D eigenvalue weighted by atomic mass is 32.2. The Hall–Kier alpha value is -1.14. The lowest BCUT2D eigenvalue weighted by atomic mass is 10.2. The van der Waals surface area contributed by atoms with E-state index in [1.54, 1.807) is 0 Å². The Labute approximate surface area is 122 Å². The lowest BCUT2D eigenvalue weighted by Gasteiger charge is -2.13. The molecule has 0 aliphatic rings. The first-order valence-electron chi connectivity index (χ1n) is 5.86. The minimum Gasteiger partial charge on any atom is -0.480 e. The summed E-state index contributed by atoms with van der Waals surface area (Å²) in [5.74, 6) is -0.672. The molecule has 0 spiro atoms. The maximum absolute atomic E-state index is 11.7. The molecule has 0 aliphatic heterocycles. The van der Waals surface area contributed by atoms with E-state index in [2.05, 4.69) is 17.9 Å². The number of carbonyl (C=O) groups is 2. The van der Waals surface area contributed by atoms with Gasteiger partial charge in [0.25, 0.3) is 0 Å². The predicted octanol–water partition coefficient (Wildman–Crippen LogP) is 1.98. The minimum absolute atomic E-state index is 0.210. The van der Waals surface area contributed by atoms with Crippen molar-refractivity contribution in [3.8, 4) is 0 Å². The van der Waals surface area contributed by atoms with Crippen LogP contribution >= 0.6 is 24.4 Å². The molecule has 19 heavy (non-hydrogen) atoms. The van der Waals surface area contributed by atoms with Gasteiger partial charge in [0.1, 0.15) is 6.04 Å². The zero-order valence-corrected chi connectivity index (χ0v) is 12.3. The molecule has 104 valence electrons. The fraction of sp³-hybridized carbons (Fsp3) is 0.385. The summed E-state index contributed by atoms with van der Waals surface area (Å²) in [7, 11) is 0. The molecule has 1 aromatic carbocycles. The van der Waals surface area contributed by atoms with Crippen LogP contribution in [0.15, 0.2) is 29.2 Å². The third-order valence-electron chi connectivity index (χ3n) is 2.50. The van der Waals surface area contributed by atoms with Gasteiger partial charge in [0.15, 0.2) is 0 Å². The first kappa shape index (κ1) is 15.9. The summed E-state index contributed by atoms with van der Waals surface area (Å²) in [5.41, 5.74) is 1.10. The van der Waals surface area contributed by atoms with Crippen LogP contribution in [0.5, 0.6) is 0 Å². The smallest absolute Gasteiger partial charge is 0.326 e. The van der Waals surface area contributed by atoms with Crippen LogP contribution in [0.25, 0.3) is 0 Å². The van der Waals surface area contributed by atoms with E-state index < -0.39 is 12.0 Å². The highest BCUT2D eigenvalue weighted by Gasteiger charge is 2.18. The Morgan fingerprint density at radius 2 is 2.11 bits per heavy atom. The third kappa shape index (κ3) is 5.57. The maximum Gasteiger partial charge on any atom is 0.326 e. The van der Waals surface area contributed by atoms with Crippen molar-refractivity contribution in [1.82, 2.24) is 5.32 Å². The molecular weight excluding hydrogens is 282 g/mol. The van der Waals surface area contributed by atoms with E-state index in [9.17, 15) is 9.59 Å². The minimum atomic E-state index is -1.02. The van der Waals surface area contributed by atoms with Gasteiger partial charge in [-0.25, -0.2) is 4.79 Å². The molecule has 0 saturated heterocycles. The normalized spacial score (nSPS) is 11.9. The first-order chi connectivity index (χ1) is 9.04. The molecule has 1 aromatic rings. The molecule has 0 fully saturated rings. The highest BCUT2D eigenvalue weighted by molar-refractivity contribution is 8.00. The van der Waals surface area contributed by atoms with Gasteiger partial charge in [-0.05, 0) is 30.7 Å². The number of thiol groups is 1. The number of amides is 1. The van der Waals surface area contributed by atoms with Gasteiger partial charge in [-0.3, -0.25) is 4.79 Å². The lowest BCUT2D eigenvalue weighted by molar-refractivity contribution is -0.141. The van der Waals surface area contributed by atoms with Crippen LogP contribution in [0.1, 0.15) is 12.0 Å². The van der Waals surface area contributed by atoms with Crippen molar-refractivity contribution in [2.24, 2.45) is 0 Å². The monoisotopic (exact) mass is 299 g/mol. The Bertz CT molecular complexity index is 451. The summed E-state index contributed by atoms with van der Waals surface area (Å²) in [4.78, 5) is 23.6. The van der Waals surface area contributed by atoms with Crippen LogP contribution in [0.4, 0.5) is 0 Å². The summed E-state index contributed by atoms with van der Waals surface area (Å²) in [5, 5.41) is 11.4. The van der Waals surface area contributed by atoms with Gasteiger partial charge >= 0.3 is 5.97 Å². The molecule has 0 heterocycles. The van der Waals surface area contributed by atoms with Crippen LogP contribution < -0.4 is 5.32 Å². The number of carbonyl (C=O) groups excluding carboxylic acids is 1. The van der Waals surface area contributed by atoms with Gasteiger partial charge in [0, 0.05) is 4.90 Å². The number of thioether (sulfide) groups is 1. The molecule has 0 aromatic heterocycles. The summed E-state index contributed by atoms with van der Waals surface area (Å²) in [6.07, 6.45) is 0.319. The van der Waals surface area contributed by atoms with Crippen LogP contribution in [-0.4, -0.2) is 34.5 Å². The number of rotatable bonds is 7. The van der Waals surface area contributed by atoms with E-state index in [4.69, 9.17) is 5.11 Å². The topological polar surface area (TPSA) is 66.4 Å². The van der Waals surface area contributed by atoms with Crippen molar-refractivity contribution < 1.29 is 14.7 Å². The number of hydrogen-bond donors (Lipinski definition) is 3. The molecule has 6 heteroatoms. The number of aliphatic carboxylic acids is 1. The number of nitrogens with one attached hydrogen (secondary N) is 1.